The van der Waals surface area contributed by atoms with Gasteiger partial charge >= 0.3 is 0 Å². The maximum atomic E-state index is 11.8. The van der Waals surface area contributed by atoms with Crippen LogP contribution in [0.4, 0.5) is 0 Å². The quantitative estimate of drug-likeness (QED) is 0.680. The number of carbonyl (C=O) groups is 1. The maximum Gasteiger partial charge on any atom is 0.234 e. The van der Waals surface area contributed by atoms with Gasteiger partial charge in [-0.1, -0.05) is 25.6 Å². The Balaban J connectivity index is 2.33. The molecule has 2 unspecified atom stereocenters. The van der Waals surface area contributed by atoms with Gasteiger partial charge in [0.25, 0.3) is 0 Å². The van der Waals surface area contributed by atoms with Crippen molar-refractivity contribution in [3.8, 4) is 0 Å². The lowest BCUT2D eigenvalue weighted by molar-refractivity contribution is -0.124. The molecule has 5 nitrogen and oxygen atoms in total. The Morgan fingerprint density at radius 3 is 3.00 bits per heavy atom. The van der Waals surface area contributed by atoms with Crippen molar-refractivity contribution in [1.29, 1.82) is 0 Å². The topological polar surface area (TPSA) is 67.6 Å². The summed E-state index contributed by atoms with van der Waals surface area (Å²) in [5, 5.41) is 2.99. The van der Waals surface area contributed by atoms with Gasteiger partial charge < -0.3 is 15.8 Å². The first-order chi connectivity index (χ1) is 8.52. The summed E-state index contributed by atoms with van der Waals surface area (Å²) in [6.07, 6.45) is 1.85. The highest BCUT2D eigenvalue weighted by atomic mass is 32.1. The molecular formula is C12H23N3O2S. The van der Waals surface area contributed by atoms with Gasteiger partial charge in [0.1, 0.15) is 11.1 Å². The zero-order valence-electron chi connectivity index (χ0n) is 11.1. The molecule has 1 fully saturated rings. The summed E-state index contributed by atoms with van der Waals surface area (Å²) in [5.41, 5.74) is 5.56. The lowest BCUT2D eigenvalue weighted by Crippen LogP contribution is -2.51. The molecule has 18 heavy (non-hydrogen) atoms. The number of amides is 1. The van der Waals surface area contributed by atoms with E-state index in [0.717, 1.165) is 19.4 Å². The third kappa shape index (κ3) is 5.29. The van der Waals surface area contributed by atoms with Crippen LogP contribution in [0.1, 0.15) is 26.7 Å². The summed E-state index contributed by atoms with van der Waals surface area (Å²) < 4.78 is 5.43. The predicted octanol–water partition coefficient (Wildman–Crippen LogP) is 0.278. The van der Waals surface area contributed by atoms with Crippen LogP contribution in [-0.4, -0.2) is 54.2 Å². The van der Waals surface area contributed by atoms with Crippen molar-refractivity contribution >= 4 is 23.1 Å². The van der Waals surface area contributed by atoms with Crippen LogP contribution in [0.2, 0.25) is 0 Å². The molecule has 0 aromatic heterocycles. The molecule has 0 aromatic rings. The summed E-state index contributed by atoms with van der Waals surface area (Å²) >= 11 is 4.91. The average molecular weight is 273 g/mol. The third-order valence-corrected chi connectivity index (χ3v) is 3.23. The molecule has 0 radical (unpaired) electrons. The van der Waals surface area contributed by atoms with E-state index in [-0.39, 0.29) is 18.1 Å². The van der Waals surface area contributed by atoms with Gasteiger partial charge in [0, 0.05) is 19.1 Å². The van der Waals surface area contributed by atoms with Crippen LogP contribution >= 0.6 is 12.2 Å². The molecule has 1 amide bonds. The molecule has 0 aliphatic carbocycles. The van der Waals surface area contributed by atoms with E-state index in [1.807, 2.05) is 11.8 Å². The van der Waals surface area contributed by atoms with Crippen molar-refractivity contribution in [3.05, 3.63) is 0 Å². The molecule has 1 aliphatic rings. The second kappa shape index (κ2) is 7.66. The van der Waals surface area contributed by atoms with Gasteiger partial charge in [-0.2, -0.15) is 0 Å². The fourth-order valence-electron chi connectivity index (χ4n) is 2.05. The number of rotatable bonds is 6. The second-order valence-electron chi connectivity index (χ2n) is 4.75. The van der Waals surface area contributed by atoms with Crippen LogP contribution in [0.3, 0.4) is 0 Å². The number of nitrogens with zero attached hydrogens (tertiary/aromatic N) is 1. The Morgan fingerprint density at radius 1 is 1.67 bits per heavy atom. The first-order valence-corrected chi connectivity index (χ1v) is 6.86. The summed E-state index contributed by atoms with van der Waals surface area (Å²) in [5.74, 6) is 0.0551. The molecule has 6 heteroatoms. The van der Waals surface area contributed by atoms with Crippen LogP contribution in [0.5, 0.6) is 0 Å². The minimum absolute atomic E-state index is 0.0551. The fourth-order valence-corrected chi connectivity index (χ4v) is 2.19. The summed E-state index contributed by atoms with van der Waals surface area (Å²) in [6, 6.07) is 0.231. The number of nitrogens with two attached hydrogens (primary N) is 1. The van der Waals surface area contributed by atoms with E-state index in [4.69, 9.17) is 22.7 Å². The molecule has 1 aliphatic heterocycles. The number of hydrogen-bond acceptors (Lipinski definition) is 4. The van der Waals surface area contributed by atoms with Gasteiger partial charge in [-0.3, -0.25) is 9.69 Å². The molecule has 3 N–H and O–H groups in total. The number of hydrogen-bond donors (Lipinski definition) is 2. The SMILES string of the molecule is CCCC(C)NC(=O)CN1CCOC(C(N)=S)C1. The van der Waals surface area contributed by atoms with Crippen molar-refractivity contribution in [3.63, 3.8) is 0 Å². The molecule has 0 saturated carbocycles. The van der Waals surface area contributed by atoms with E-state index in [0.29, 0.717) is 24.7 Å². The van der Waals surface area contributed by atoms with Gasteiger partial charge in [-0.15, -0.1) is 0 Å². The molecule has 104 valence electrons. The Bertz CT molecular complexity index is 299. The Labute approximate surface area is 114 Å². The van der Waals surface area contributed by atoms with Crippen molar-refractivity contribution in [2.24, 2.45) is 5.73 Å². The van der Waals surface area contributed by atoms with E-state index >= 15 is 0 Å². The lowest BCUT2D eigenvalue weighted by Gasteiger charge is -2.32. The first kappa shape index (κ1) is 15.3. The zero-order valence-corrected chi connectivity index (χ0v) is 12.0. The van der Waals surface area contributed by atoms with Gasteiger partial charge in [0.2, 0.25) is 5.91 Å². The second-order valence-corrected chi connectivity index (χ2v) is 5.23. The first-order valence-electron chi connectivity index (χ1n) is 6.45. The van der Waals surface area contributed by atoms with Crippen molar-refractivity contribution in [2.75, 3.05) is 26.2 Å². The fraction of sp³-hybridized carbons (Fsp3) is 0.833. The molecule has 0 aromatic carbocycles. The van der Waals surface area contributed by atoms with Crippen LogP contribution in [-0.2, 0) is 9.53 Å². The van der Waals surface area contributed by atoms with Crippen molar-refractivity contribution in [2.45, 2.75) is 38.8 Å². The summed E-state index contributed by atoms with van der Waals surface area (Å²) in [6.45, 7) is 6.44. The van der Waals surface area contributed by atoms with E-state index in [2.05, 4.69) is 12.2 Å². The van der Waals surface area contributed by atoms with Crippen LogP contribution in [0.15, 0.2) is 0 Å². The Kier molecular flexibility index (Phi) is 6.52. The van der Waals surface area contributed by atoms with Crippen molar-refractivity contribution in [1.82, 2.24) is 10.2 Å². The molecule has 0 bridgehead atoms. The highest BCUT2D eigenvalue weighted by Crippen LogP contribution is 2.05. The monoisotopic (exact) mass is 273 g/mol. The molecular weight excluding hydrogens is 250 g/mol. The molecule has 1 saturated heterocycles. The van der Waals surface area contributed by atoms with Gasteiger partial charge in [0.15, 0.2) is 0 Å². The highest BCUT2D eigenvalue weighted by molar-refractivity contribution is 7.80. The van der Waals surface area contributed by atoms with E-state index in [9.17, 15) is 4.79 Å². The van der Waals surface area contributed by atoms with E-state index in [1.165, 1.54) is 0 Å². The average Bonchev–Trinajstić information content (AvgIpc) is 2.29. The predicted molar refractivity (Wildman–Crippen MR) is 75.5 cm³/mol. The van der Waals surface area contributed by atoms with Crippen LogP contribution in [0.25, 0.3) is 0 Å². The number of ether oxygens (including phenoxy) is 1. The largest absolute Gasteiger partial charge is 0.391 e. The maximum absolute atomic E-state index is 11.8. The normalized spacial score (nSPS) is 22.4. The van der Waals surface area contributed by atoms with Gasteiger partial charge in [-0.05, 0) is 13.3 Å². The Hall–Kier alpha value is -0.720. The Morgan fingerprint density at radius 2 is 2.39 bits per heavy atom. The number of nitrogens with one attached hydrogen (secondary N) is 1. The number of carbonyl (C=O) groups excluding carboxylic acids is 1. The summed E-state index contributed by atoms with van der Waals surface area (Å²) in [4.78, 5) is 14.2. The summed E-state index contributed by atoms with van der Waals surface area (Å²) in [7, 11) is 0. The molecule has 0 spiro atoms. The molecule has 2 atom stereocenters. The van der Waals surface area contributed by atoms with Crippen molar-refractivity contribution < 1.29 is 9.53 Å². The third-order valence-electron chi connectivity index (χ3n) is 2.96. The molecule has 1 heterocycles. The van der Waals surface area contributed by atoms with Crippen LogP contribution < -0.4 is 11.1 Å². The van der Waals surface area contributed by atoms with Gasteiger partial charge in [-0.25, -0.2) is 0 Å². The lowest BCUT2D eigenvalue weighted by atomic mass is 10.2. The smallest absolute Gasteiger partial charge is 0.234 e. The molecule has 1 rings (SSSR count). The standard InChI is InChI=1S/C12H23N3O2S/c1-3-4-9(2)14-11(16)8-15-5-6-17-10(7-15)12(13)18/h9-10H,3-8H2,1-2H3,(H2,13,18)(H,14,16). The van der Waals surface area contributed by atoms with Crippen LogP contribution in [0, 0.1) is 0 Å². The zero-order chi connectivity index (χ0) is 13.5. The minimum atomic E-state index is -0.227. The van der Waals surface area contributed by atoms with Gasteiger partial charge in [0.05, 0.1) is 13.2 Å². The van der Waals surface area contributed by atoms with E-state index < -0.39 is 0 Å². The minimum Gasteiger partial charge on any atom is -0.391 e. The number of morpholine rings is 1. The van der Waals surface area contributed by atoms with E-state index in [1.54, 1.807) is 0 Å². The highest BCUT2D eigenvalue weighted by Gasteiger charge is 2.24. The number of thiocarbonyl (C=S) groups is 1.